The number of thiazole rings is 1. The average molecular weight is 617 g/mol. The summed E-state index contributed by atoms with van der Waals surface area (Å²) in [6, 6.07) is 17.6. The first kappa shape index (κ1) is 32.8. The third-order valence-corrected chi connectivity index (χ3v) is 13.0. The van der Waals surface area contributed by atoms with Crippen molar-refractivity contribution in [3.8, 4) is 5.75 Å². The number of amides is 1. The molecule has 2 aromatic carbocycles. The number of methoxy groups -OCH3 is 1. The number of halogens is 1. The van der Waals surface area contributed by atoms with E-state index < -0.39 is 20.4 Å². The second kappa shape index (κ2) is 14.4. The molecule has 0 radical (unpaired) electrons. The lowest BCUT2D eigenvalue weighted by molar-refractivity contribution is -0.140. The van der Waals surface area contributed by atoms with Crippen molar-refractivity contribution >= 4 is 43.1 Å². The van der Waals surface area contributed by atoms with E-state index in [1.54, 1.807) is 18.9 Å². The van der Waals surface area contributed by atoms with Crippen LogP contribution in [0.3, 0.4) is 0 Å². The Bertz CT molecular complexity index is 1290. The highest BCUT2D eigenvalue weighted by Crippen LogP contribution is 2.40. The van der Waals surface area contributed by atoms with Crippen LogP contribution in [-0.4, -0.2) is 50.3 Å². The maximum atomic E-state index is 14.4. The molecule has 0 bridgehead atoms. The van der Waals surface area contributed by atoms with Crippen LogP contribution in [0.1, 0.15) is 66.8 Å². The highest BCUT2D eigenvalue weighted by atomic mass is 35.5. The van der Waals surface area contributed by atoms with E-state index in [1.165, 1.54) is 16.9 Å². The smallest absolute Gasteiger partial charge is 0.359 e. The van der Waals surface area contributed by atoms with Crippen molar-refractivity contribution in [1.82, 2.24) is 9.88 Å². The molecule has 7 nitrogen and oxygen atoms in total. The van der Waals surface area contributed by atoms with Crippen molar-refractivity contribution in [2.24, 2.45) is 0 Å². The first-order valence-corrected chi connectivity index (χ1v) is 17.9. The Kier molecular flexibility index (Phi) is 11.6. The van der Waals surface area contributed by atoms with Crippen LogP contribution in [0.2, 0.25) is 22.5 Å². The Morgan fingerprint density at radius 2 is 1.73 bits per heavy atom. The van der Waals surface area contributed by atoms with Crippen LogP contribution in [0, 0.1) is 0 Å². The molecule has 1 unspecified atom stereocenters. The van der Waals surface area contributed by atoms with Gasteiger partial charge in [-0.1, -0.05) is 74.8 Å². The lowest BCUT2D eigenvalue weighted by Crippen LogP contribution is -2.46. The number of esters is 1. The highest BCUT2D eigenvalue weighted by Gasteiger charge is 2.42. The molecule has 222 valence electrons. The SMILES string of the molecule is CCOC(=O)c1nc(CN(CCCc2ccccc2)C(=O)C(O[Si](C)(C)C(C)(C)C)c2ccc(OC)cc2)sc1Cl. The molecule has 0 aliphatic heterocycles. The van der Waals surface area contributed by atoms with Gasteiger partial charge in [0.15, 0.2) is 20.1 Å². The van der Waals surface area contributed by atoms with Gasteiger partial charge in [-0.15, -0.1) is 11.3 Å². The van der Waals surface area contributed by atoms with E-state index in [0.717, 1.165) is 18.4 Å². The quantitative estimate of drug-likeness (QED) is 0.145. The zero-order chi connectivity index (χ0) is 30.2. The molecule has 0 aliphatic carbocycles. The zero-order valence-electron chi connectivity index (χ0n) is 25.0. The molecule has 41 heavy (non-hydrogen) atoms. The summed E-state index contributed by atoms with van der Waals surface area (Å²) < 4.78 is 17.5. The van der Waals surface area contributed by atoms with Gasteiger partial charge in [0.05, 0.1) is 20.3 Å². The van der Waals surface area contributed by atoms with Crippen molar-refractivity contribution in [1.29, 1.82) is 0 Å². The molecule has 10 heteroatoms. The molecule has 0 N–H and O–H groups in total. The summed E-state index contributed by atoms with van der Waals surface area (Å²) in [6.45, 7) is 13.4. The van der Waals surface area contributed by atoms with Gasteiger partial charge >= 0.3 is 5.97 Å². The standard InChI is InChI=1S/C31H41ClN2O5SSi/c1-8-38-30(36)26-28(32)40-25(33-26)21-34(20-12-15-22-13-10-9-11-14-22)29(35)27(39-41(6,7)31(2,3)4)23-16-18-24(37-5)19-17-23/h9-11,13-14,16-19,27H,8,12,15,20-21H2,1-7H3. The normalized spacial score (nSPS) is 12.6. The van der Waals surface area contributed by atoms with E-state index in [4.69, 9.17) is 25.5 Å². The number of carbonyl (C=O) groups excluding carboxylic acids is 2. The minimum absolute atomic E-state index is 0.0782. The summed E-state index contributed by atoms with van der Waals surface area (Å²) in [6.07, 6.45) is 0.751. The third-order valence-electron chi connectivity index (χ3n) is 7.33. The van der Waals surface area contributed by atoms with Gasteiger partial charge in [-0.05, 0) is 61.2 Å². The van der Waals surface area contributed by atoms with E-state index in [-0.39, 0.29) is 34.1 Å². The summed E-state index contributed by atoms with van der Waals surface area (Å²) in [5, 5.41) is 0.458. The minimum atomic E-state index is -2.36. The highest BCUT2D eigenvalue weighted by molar-refractivity contribution is 7.16. The summed E-state index contributed by atoms with van der Waals surface area (Å²) in [5.74, 6) is -0.0210. The molecule has 0 fully saturated rings. The van der Waals surface area contributed by atoms with Crippen LogP contribution in [0.5, 0.6) is 5.75 Å². The van der Waals surface area contributed by atoms with Crippen molar-refractivity contribution in [3.05, 3.63) is 80.8 Å². The molecular weight excluding hydrogens is 576 g/mol. The Labute approximate surface area is 253 Å². The molecule has 0 saturated heterocycles. The van der Waals surface area contributed by atoms with E-state index in [0.29, 0.717) is 17.3 Å². The van der Waals surface area contributed by atoms with E-state index >= 15 is 0 Å². The number of benzene rings is 2. The number of hydrogen-bond acceptors (Lipinski definition) is 7. The molecule has 0 saturated carbocycles. The second-order valence-electron chi connectivity index (χ2n) is 11.3. The van der Waals surface area contributed by atoms with Crippen molar-refractivity contribution < 1.29 is 23.5 Å². The van der Waals surface area contributed by atoms with Gasteiger partial charge in [0, 0.05) is 6.54 Å². The summed E-state index contributed by atoms with van der Waals surface area (Å²) in [5.41, 5.74) is 2.04. The molecule has 1 amide bonds. The molecule has 3 aromatic rings. The van der Waals surface area contributed by atoms with Gasteiger partial charge < -0.3 is 18.8 Å². The first-order valence-electron chi connectivity index (χ1n) is 13.8. The number of aromatic nitrogens is 1. The summed E-state index contributed by atoms with van der Waals surface area (Å²) in [7, 11) is -0.747. The van der Waals surface area contributed by atoms with E-state index in [1.807, 2.05) is 42.5 Å². The van der Waals surface area contributed by atoms with Gasteiger partial charge in [-0.3, -0.25) is 4.79 Å². The Morgan fingerprint density at radius 3 is 2.32 bits per heavy atom. The van der Waals surface area contributed by atoms with E-state index in [9.17, 15) is 9.59 Å². The van der Waals surface area contributed by atoms with Gasteiger partial charge in [0.1, 0.15) is 15.1 Å². The predicted octanol–water partition coefficient (Wildman–Crippen LogP) is 7.71. The van der Waals surface area contributed by atoms with Crippen molar-refractivity contribution in [3.63, 3.8) is 0 Å². The van der Waals surface area contributed by atoms with Crippen LogP contribution < -0.4 is 4.74 Å². The molecule has 0 spiro atoms. The number of hydrogen-bond donors (Lipinski definition) is 0. The number of rotatable bonds is 13. The maximum Gasteiger partial charge on any atom is 0.359 e. The van der Waals surface area contributed by atoms with Gasteiger partial charge in [0.25, 0.3) is 5.91 Å². The largest absolute Gasteiger partial charge is 0.497 e. The van der Waals surface area contributed by atoms with Gasteiger partial charge in [-0.25, -0.2) is 9.78 Å². The van der Waals surface area contributed by atoms with Crippen LogP contribution in [-0.2, 0) is 26.9 Å². The molecule has 1 heterocycles. The van der Waals surface area contributed by atoms with Crippen molar-refractivity contribution in [2.45, 2.75) is 71.3 Å². The lowest BCUT2D eigenvalue weighted by Gasteiger charge is -2.40. The molecule has 1 aromatic heterocycles. The number of nitrogens with zero attached hydrogens (tertiary/aromatic N) is 2. The topological polar surface area (TPSA) is 78.0 Å². The Hall–Kier alpha value is -2.72. The van der Waals surface area contributed by atoms with Crippen molar-refractivity contribution in [2.75, 3.05) is 20.3 Å². The van der Waals surface area contributed by atoms with Crippen LogP contribution in [0.4, 0.5) is 0 Å². The number of carbonyl (C=O) groups is 2. The number of ether oxygens (including phenoxy) is 2. The minimum Gasteiger partial charge on any atom is -0.497 e. The molecule has 1 atom stereocenters. The fourth-order valence-corrected chi connectivity index (χ4v) is 6.32. The van der Waals surface area contributed by atoms with Crippen LogP contribution in [0.15, 0.2) is 54.6 Å². The van der Waals surface area contributed by atoms with Gasteiger partial charge in [0.2, 0.25) is 0 Å². The third kappa shape index (κ3) is 8.88. The average Bonchev–Trinajstić information content (AvgIpc) is 3.31. The number of aryl methyl sites for hydroxylation is 1. The zero-order valence-corrected chi connectivity index (χ0v) is 27.6. The van der Waals surface area contributed by atoms with Gasteiger partial charge in [-0.2, -0.15) is 0 Å². The molecule has 3 rings (SSSR count). The van der Waals surface area contributed by atoms with Crippen LogP contribution >= 0.6 is 22.9 Å². The first-order chi connectivity index (χ1) is 19.4. The Morgan fingerprint density at radius 1 is 1.07 bits per heavy atom. The fraction of sp³-hybridized carbons (Fsp3) is 0.452. The molecule has 0 aliphatic rings. The Balaban J connectivity index is 1.96. The monoisotopic (exact) mass is 616 g/mol. The lowest BCUT2D eigenvalue weighted by atomic mass is 10.1. The predicted molar refractivity (Wildman–Crippen MR) is 167 cm³/mol. The summed E-state index contributed by atoms with van der Waals surface area (Å²) >= 11 is 7.55. The molecular formula is C31H41ClN2O5SSi. The second-order valence-corrected chi connectivity index (χ2v) is 17.8. The maximum absolute atomic E-state index is 14.4. The van der Waals surface area contributed by atoms with Crippen LogP contribution in [0.25, 0.3) is 0 Å². The summed E-state index contributed by atoms with van der Waals surface area (Å²) in [4.78, 5) is 33.0. The van der Waals surface area contributed by atoms with E-state index in [2.05, 4.69) is 51.0 Å². The fourth-order valence-electron chi connectivity index (χ4n) is 3.96.